The van der Waals surface area contributed by atoms with Gasteiger partial charge in [-0.3, -0.25) is 9.69 Å². The number of amidine groups is 1. The van der Waals surface area contributed by atoms with Crippen LogP contribution >= 0.6 is 31.9 Å². The van der Waals surface area contributed by atoms with E-state index in [2.05, 4.69) is 36.9 Å². The maximum absolute atomic E-state index is 13.2. The minimum absolute atomic E-state index is 0.144. The average Bonchev–Trinajstić information content (AvgIpc) is 2.99. The molecule has 132 valence electrons. The third kappa shape index (κ3) is 3.80. The normalized spacial score (nSPS) is 15.3. The number of hydrogen-bond donors (Lipinski definition) is 0. The molecule has 0 spiro atoms. The Balaban J connectivity index is 1.84. The van der Waals surface area contributed by atoms with Crippen molar-refractivity contribution in [2.45, 2.75) is 0 Å². The summed E-state index contributed by atoms with van der Waals surface area (Å²) in [4.78, 5) is 19.5. The van der Waals surface area contributed by atoms with Crippen LogP contribution in [0.5, 0.6) is 0 Å². The summed E-state index contributed by atoms with van der Waals surface area (Å²) in [5.41, 5.74) is 3.01. The number of rotatable bonds is 3. The van der Waals surface area contributed by atoms with Crippen LogP contribution in [0.3, 0.4) is 0 Å². The lowest BCUT2D eigenvalue weighted by Gasteiger charge is -2.19. The van der Waals surface area contributed by atoms with Gasteiger partial charge in [-0.1, -0.05) is 80.4 Å². The van der Waals surface area contributed by atoms with Crippen molar-refractivity contribution in [1.29, 1.82) is 0 Å². The van der Waals surface area contributed by atoms with Gasteiger partial charge < -0.3 is 0 Å². The van der Waals surface area contributed by atoms with Gasteiger partial charge in [0.25, 0.3) is 5.91 Å². The van der Waals surface area contributed by atoms with E-state index >= 15 is 0 Å². The Hall–Kier alpha value is -2.50. The molecule has 1 aliphatic heterocycles. The third-order valence-corrected chi connectivity index (χ3v) is 5.15. The molecule has 0 aromatic heterocycles. The van der Waals surface area contributed by atoms with E-state index in [4.69, 9.17) is 0 Å². The summed E-state index contributed by atoms with van der Waals surface area (Å²) in [7, 11) is 0. The zero-order chi connectivity index (χ0) is 18.8. The number of anilines is 1. The molecule has 1 heterocycles. The van der Waals surface area contributed by atoms with Crippen LogP contribution in [0.15, 0.2) is 98.5 Å². The molecule has 0 radical (unpaired) electrons. The predicted octanol–water partition coefficient (Wildman–Crippen LogP) is 6.05. The molecule has 3 aromatic carbocycles. The van der Waals surface area contributed by atoms with Gasteiger partial charge in [0.1, 0.15) is 11.5 Å². The lowest BCUT2D eigenvalue weighted by molar-refractivity contribution is -0.113. The van der Waals surface area contributed by atoms with Crippen molar-refractivity contribution >= 4 is 55.4 Å². The molecule has 0 atom stereocenters. The minimum Gasteiger partial charge on any atom is -0.266 e. The molecule has 3 aromatic rings. The molecule has 1 aliphatic rings. The fourth-order valence-electron chi connectivity index (χ4n) is 2.87. The van der Waals surface area contributed by atoms with E-state index in [1.54, 1.807) is 4.90 Å². The van der Waals surface area contributed by atoms with Gasteiger partial charge in [0.15, 0.2) is 0 Å². The number of hydrogen-bond acceptors (Lipinski definition) is 2. The topological polar surface area (TPSA) is 32.7 Å². The van der Waals surface area contributed by atoms with E-state index in [0.717, 1.165) is 25.8 Å². The maximum Gasteiger partial charge on any atom is 0.282 e. The van der Waals surface area contributed by atoms with E-state index in [9.17, 15) is 4.79 Å². The van der Waals surface area contributed by atoms with Gasteiger partial charge >= 0.3 is 0 Å². The van der Waals surface area contributed by atoms with E-state index in [1.807, 2.05) is 84.9 Å². The molecule has 3 nitrogen and oxygen atoms in total. The van der Waals surface area contributed by atoms with Gasteiger partial charge in [-0.25, -0.2) is 4.99 Å². The monoisotopic (exact) mass is 480 g/mol. The molecule has 0 saturated heterocycles. The SMILES string of the molecule is O=C1/C(=C\c2ccccc2)N=C(c2ccc(Br)cc2)N1c1cccc(Br)c1. The van der Waals surface area contributed by atoms with Gasteiger partial charge in [-0.05, 0) is 42.0 Å². The first-order valence-corrected chi connectivity index (χ1v) is 9.92. The molecule has 0 N–H and O–H groups in total. The van der Waals surface area contributed by atoms with Gasteiger partial charge in [-0.15, -0.1) is 0 Å². The van der Waals surface area contributed by atoms with E-state index in [-0.39, 0.29) is 5.91 Å². The zero-order valence-corrected chi connectivity index (χ0v) is 17.3. The Morgan fingerprint density at radius 1 is 0.815 bits per heavy atom. The quantitative estimate of drug-likeness (QED) is 0.419. The molecule has 0 bridgehead atoms. The van der Waals surface area contributed by atoms with E-state index in [0.29, 0.717) is 11.5 Å². The van der Waals surface area contributed by atoms with Crippen LogP contribution in [0.25, 0.3) is 6.08 Å². The first-order chi connectivity index (χ1) is 13.1. The van der Waals surface area contributed by atoms with Crippen LogP contribution in [-0.2, 0) is 4.79 Å². The lowest BCUT2D eigenvalue weighted by atomic mass is 10.1. The maximum atomic E-state index is 13.2. The van der Waals surface area contributed by atoms with Gasteiger partial charge in [0, 0.05) is 14.5 Å². The number of aliphatic imine (C=N–C) groups is 1. The van der Waals surface area contributed by atoms with Gasteiger partial charge in [-0.2, -0.15) is 0 Å². The largest absolute Gasteiger partial charge is 0.282 e. The molecule has 27 heavy (non-hydrogen) atoms. The number of carbonyl (C=O) groups is 1. The molecule has 0 aliphatic carbocycles. The first-order valence-electron chi connectivity index (χ1n) is 8.33. The van der Waals surface area contributed by atoms with Crippen molar-refractivity contribution < 1.29 is 4.79 Å². The van der Waals surface area contributed by atoms with Crippen LogP contribution < -0.4 is 4.90 Å². The Bertz CT molecular complexity index is 1060. The second kappa shape index (κ2) is 7.62. The molecule has 0 unspecified atom stereocenters. The number of nitrogens with zero attached hydrogens (tertiary/aromatic N) is 2. The highest BCUT2D eigenvalue weighted by atomic mass is 79.9. The van der Waals surface area contributed by atoms with Crippen molar-refractivity contribution in [3.8, 4) is 0 Å². The summed E-state index contributed by atoms with van der Waals surface area (Å²) in [6.45, 7) is 0. The zero-order valence-electron chi connectivity index (χ0n) is 14.1. The van der Waals surface area contributed by atoms with Crippen LogP contribution in [0.2, 0.25) is 0 Å². The molecule has 0 fully saturated rings. The highest BCUT2D eigenvalue weighted by Crippen LogP contribution is 2.30. The summed E-state index contributed by atoms with van der Waals surface area (Å²) in [6, 6.07) is 25.2. The minimum atomic E-state index is -0.144. The standard InChI is InChI=1S/C22H14Br2N2O/c23-17-11-9-16(10-12-17)21-25-20(13-15-5-2-1-3-6-15)22(27)26(21)19-8-4-7-18(24)14-19/h1-14H/b20-13+. The highest BCUT2D eigenvalue weighted by Gasteiger charge is 2.32. The van der Waals surface area contributed by atoms with Crippen LogP contribution in [0, 0.1) is 0 Å². The Labute approximate surface area is 174 Å². The fourth-order valence-corrected chi connectivity index (χ4v) is 3.52. The fraction of sp³-hybridized carbons (Fsp3) is 0. The predicted molar refractivity (Wildman–Crippen MR) is 117 cm³/mol. The summed E-state index contributed by atoms with van der Waals surface area (Å²) in [6.07, 6.45) is 1.82. The third-order valence-electron chi connectivity index (χ3n) is 4.13. The Kier molecular flexibility index (Phi) is 5.05. The number of halogens is 2. The second-order valence-electron chi connectivity index (χ2n) is 6.00. The first kappa shape index (κ1) is 17.9. The van der Waals surface area contributed by atoms with Crippen molar-refractivity contribution in [1.82, 2.24) is 0 Å². The Morgan fingerprint density at radius 3 is 2.26 bits per heavy atom. The summed E-state index contributed by atoms with van der Waals surface area (Å²) in [5, 5.41) is 0. The van der Waals surface area contributed by atoms with Crippen LogP contribution in [0.1, 0.15) is 11.1 Å². The number of benzene rings is 3. The smallest absolute Gasteiger partial charge is 0.266 e. The Morgan fingerprint density at radius 2 is 1.56 bits per heavy atom. The summed E-state index contributed by atoms with van der Waals surface area (Å²) in [5.74, 6) is 0.475. The van der Waals surface area contributed by atoms with Crippen LogP contribution in [-0.4, -0.2) is 11.7 Å². The van der Waals surface area contributed by atoms with Crippen molar-refractivity contribution in [3.05, 3.63) is 105 Å². The van der Waals surface area contributed by atoms with Crippen molar-refractivity contribution in [3.63, 3.8) is 0 Å². The molecular formula is C22H14Br2N2O. The number of amides is 1. The van der Waals surface area contributed by atoms with E-state index in [1.165, 1.54) is 0 Å². The van der Waals surface area contributed by atoms with Crippen molar-refractivity contribution in [2.24, 2.45) is 4.99 Å². The van der Waals surface area contributed by atoms with Gasteiger partial charge in [0.2, 0.25) is 0 Å². The van der Waals surface area contributed by atoms with Gasteiger partial charge in [0.05, 0.1) is 5.69 Å². The van der Waals surface area contributed by atoms with Crippen LogP contribution in [0.4, 0.5) is 5.69 Å². The molecule has 0 saturated carbocycles. The molecular weight excluding hydrogens is 468 g/mol. The molecule has 4 rings (SSSR count). The van der Waals surface area contributed by atoms with Crippen molar-refractivity contribution in [2.75, 3.05) is 4.90 Å². The summed E-state index contributed by atoms with van der Waals surface area (Å²) < 4.78 is 1.88. The van der Waals surface area contributed by atoms with E-state index < -0.39 is 0 Å². The second-order valence-corrected chi connectivity index (χ2v) is 7.83. The lowest BCUT2D eigenvalue weighted by Crippen LogP contribution is -2.32. The number of carbonyl (C=O) groups excluding carboxylic acids is 1. The average molecular weight is 482 g/mol. The highest BCUT2D eigenvalue weighted by molar-refractivity contribution is 9.10. The molecule has 5 heteroatoms. The summed E-state index contributed by atoms with van der Waals surface area (Å²) >= 11 is 6.94. The molecule has 1 amide bonds.